The van der Waals surface area contributed by atoms with Gasteiger partial charge in [0.1, 0.15) is 11.2 Å². The molecule has 27 heavy (non-hydrogen) atoms. The van der Waals surface area contributed by atoms with Crippen LogP contribution in [0, 0.1) is 17.2 Å². The van der Waals surface area contributed by atoms with E-state index in [1.54, 1.807) is 7.05 Å². The van der Waals surface area contributed by atoms with E-state index in [1.165, 1.54) is 35.9 Å². The Morgan fingerprint density at radius 3 is 2.78 bits per heavy atom. The molecule has 1 saturated carbocycles. The van der Waals surface area contributed by atoms with Crippen LogP contribution in [0.1, 0.15) is 18.4 Å². The number of aromatic nitrogens is 3. The first-order valence-corrected chi connectivity index (χ1v) is 10.4. The maximum atomic E-state index is 12.9. The third-order valence-electron chi connectivity index (χ3n) is 4.77. The third kappa shape index (κ3) is 3.05. The Balaban J connectivity index is 1.90. The summed E-state index contributed by atoms with van der Waals surface area (Å²) in [5, 5.41) is 10.7. The van der Waals surface area contributed by atoms with Gasteiger partial charge in [-0.15, -0.1) is 0 Å². The number of sulfone groups is 1. The van der Waals surface area contributed by atoms with Crippen LogP contribution in [0.25, 0.3) is 17.0 Å². The van der Waals surface area contributed by atoms with Gasteiger partial charge in [-0.1, -0.05) is 29.8 Å². The van der Waals surface area contributed by atoms with Crippen molar-refractivity contribution >= 4 is 38.4 Å². The standard InChI is InChI=1S/C19H17ClN4O2S/c1-23-9-8-22-19(23)27(25,26)14(11-21)10-16-15-4-2-3-5-17(15)24(18(16)20)12-13-6-7-13/h2-5,8-10,13H,6-7,12H2,1H3/b14-10-. The van der Waals surface area contributed by atoms with E-state index < -0.39 is 9.84 Å². The predicted octanol–water partition coefficient (Wildman–Crippen LogP) is 3.78. The quantitative estimate of drug-likeness (QED) is 0.610. The summed E-state index contributed by atoms with van der Waals surface area (Å²) in [4.78, 5) is 3.50. The number of fused-ring (bicyclic) bond motifs is 1. The molecule has 4 rings (SSSR count). The highest BCUT2D eigenvalue weighted by atomic mass is 35.5. The highest BCUT2D eigenvalue weighted by molar-refractivity contribution is 7.95. The lowest BCUT2D eigenvalue weighted by Crippen LogP contribution is -2.09. The maximum Gasteiger partial charge on any atom is 0.250 e. The minimum absolute atomic E-state index is 0.173. The fourth-order valence-electron chi connectivity index (χ4n) is 3.18. The number of hydrogen-bond donors (Lipinski definition) is 0. The van der Waals surface area contributed by atoms with Gasteiger partial charge in [-0.3, -0.25) is 0 Å². The number of nitrogens with zero attached hydrogens (tertiary/aromatic N) is 4. The number of para-hydroxylation sites is 1. The van der Waals surface area contributed by atoms with Crippen molar-refractivity contribution in [3.05, 3.63) is 52.3 Å². The first kappa shape index (κ1) is 17.8. The van der Waals surface area contributed by atoms with E-state index >= 15 is 0 Å². The number of hydrogen-bond acceptors (Lipinski definition) is 4. The predicted molar refractivity (Wildman–Crippen MR) is 104 cm³/mol. The summed E-state index contributed by atoms with van der Waals surface area (Å²) in [6.45, 7) is 0.793. The largest absolute Gasteiger partial charge is 0.331 e. The van der Waals surface area contributed by atoms with Crippen LogP contribution < -0.4 is 0 Å². The Labute approximate surface area is 162 Å². The summed E-state index contributed by atoms with van der Waals surface area (Å²) >= 11 is 6.62. The molecular formula is C19H17ClN4O2S. The van der Waals surface area contributed by atoms with E-state index in [2.05, 4.69) is 4.98 Å². The Morgan fingerprint density at radius 2 is 2.15 bits per heavy atom. The summed E-state index contributed by atoms with van der Waals surface area (Å²) in [5.74, 6) is 0.599. The number of allylic oxidation sites excluding steroid dienone is 1. The van der Waals surface area contributed by atoms with Crippen molar-refractivity contribution in [1.82, 2.24) is 14.1 Å². The van der Waals surface area contributed by atoms with Crippen LogP contribution in [0.2, 0.25) is 5.15 Å². The number of benzene rings is 1. The van der Waals surface area contributed by atoms with Crippen LogP contribution in [0.15, 0.2) is 46.7 Å². The average Bonchev–Trinajstić information content (AvgIpc) is 3.30. The van der Waals surface area contributed by atoms with E-state index in [9.17, 15) is 13.7 Å². The molecule has 8 heteroatoms. The third-order valence-corrected chi connectivity index (χ3v) is 6.84. The zero-order valence-electron chi connectivity index (χ0n) is 14.6. The zero-order chi connectivity index (χ0) is 19.2. The smallest absolute Gasteiger partial charge is 0.250 e. The fourth-order valence-corrected chi connectivity index (χ4v) is 4.73. The molecule has 0 bridgehead atoms. The second kappa shape index (κ2) is 6.55. The molecule has 0 saturated heterocycles. The van der Waals surface area contributed by atoms with E-state index in [0.717, 1.165) is 17.4 Å². The molecule has 2 heterocycles. The number of nitriles is 1. The summed E-state index contributed by atoms with van der Waals surface area (Å²) in [7, 11) is -2.47. The Kier molecular flexibility index (Phi) is 4.33. The molecule has 6 nitrogen and oxygen atoms in total. The first-order valence-electron chi connectivity index (χ1n) is 8.54. The highest BCUT2D eigenvalue weighted by Gasteiger charge is 2.28. The summed E-state index contributed by atoms with van der Waals surface area (Å²) in [5.41, 5.74) is 1.48. The molecule has 0 atom stereocenters. The highest BCUT2D eigenvalue weighted by Crippen LogP contribution is 2.38. The van der Waals surface area contributed by atoms with Gasteiger partial charge in [-0.05, 0) is 30.9 Å². The van der Waals surface area contributed by atoms with Crippen molar-refractivity contribution in [2.45, 2.75) is 24.5 Å². The Hall–Kier alpha value is -2.56. The summed E-state index contributed by atoms with van der Waals surface area (Å²) in [6.07, 6.45) is 6.61. The topological polar surface area (TPSA) is 80.7 Å². The summed E-state index contributed by atoms with van der Waals surface area (Å²) in [6, 6.07) is 9.45. The van der Waals surface area contributed by atoms with Gasteiger partial charge in [0.2, 0.25) is 15.0 Å². The normalized spacial score (nSPS) is 15.2. The molecule has 0 aliphatic heterocycles. The molecule has 138 valence electrons. The molecule has 2 aromatic heterocycles. The SMILES string of the molecule is Cn1ccnc1S(=O)(=O)/C(C#N)=C\c1c(Cl)n(CC2CC2)c2ccccc12. The number of aryl methyl sites for hydroxylation is 1. The average molecular weight is 401 g/mol. The van der Waals surface area contributed by atoms with E-state index in [1.807, 2.05) is 34.9 Å². The van der Waals surface area contributed by atoms with E-state index in [-0.39, 0.29) is 10.1 Å². The lowest BCUT2D eigenvalue weighted by atomic mass is 10.1. The first-order chi connectivity index (χ1) is 12.9. The molecule has 0 N–H and O–H groups in total. The van der Waals surface area contributed by atoms with Crippen LogP contribution in [0.3, 0.4) is 0 Å². The van der Waals surface area contributed by atoms with Crippen molar-refractivity contribution < 1.29 is 8.42 Å². The monoisotopic (exact) mass is 400 g/mol. The minimum Gasteiger partial charge on any atom is -0.331 e. The lowest BCUT2D eigenvalue weighted by molar-refractivity contribution is 0.586. The molecule has 3 aromatic rings. The molecular weight excluding hydrogens is 384 g/mol. The van der Waals surface area contributed by atoms with Gasteiger partial charge in [-0.25, -0.2) is 13.4 Å². The van der Waals surface area contributed by atoms with Gasteiger partial charge in [0.15, 0.2) is 4.91 Å². The molecule has 1 aliphatic rings. The number of halogens is 1. The number of rotatable bonds is 5. The molecule has 1 aromatic carbocycles. The van der Waals surface area contributed by atoms with Gasteiger partial charge < -0.3 is 9.13 Å². The van der Waals surface area contributed by atoms with Crippen LogP contribution in [-0.4, -0.2) is 22.5 Å². The number of imidazole rings is 1. The van der Waals surface area contributed by atoms with Crippen molar-refractivity contribution in [3.63, 3.8) is 0 Å². The van der Waals surface area contributed by atoms with Gasteiger partial charge in [0.25, 0.3) is 0 Å². The van der Waals surface area contributed by atoms with Crippen LogP contribution in [-0.2, 0) is 23.4 Å². The molecule has 1 aliphatic carbocycles. The molecule has 0 spiro atoms. The molecule has 0 unspecified atom stereocenters. The maximum absolute atomic E-state index is 12.9. The second-order valence-electron chi connectivity index (χ2n) is 6.72. The fraction of sp³-hybridized carbons (Fsp3) is 0.263. The second-order valence-corrected chi connectivity index (χ2v) is 8.89. The molecule has 0 radical (unpaired) electrons. The molecule has 0 amide bonds. The van der Waals surface area contributed by atoms with E-state index in [0.29, 0.717) is 16.6 Å². The Bertz CT molecular complexity index is 1210. The van der Waals surface area contributed by atoms with Crippen molar-refractivity contribution in [2.75, 3.05) is 0 Å². The van der Waals surface area contributed by atoms with Crippen molar-refractivity contribution in [3.8, 4) is 6.07 Å². The van der Waals surface area contributed by atoms with E-state index in [4.69, 9.17) is 11.6 Å². The minimum atomic E-state index is -4.04. The van der Waals surface area contributed by atoms with Gasteiger partial charge >= 0.3 is 0 Å². The van der Waals surface area contributed by atoms with Crippen LogP contribution in [0.4, 0.5) is 0 Å². The van der Waals surface area contributed by atoms with Crippen LogP contribution >= 0.6 is 11.6 Å². The summed E-state index contributed by atoms with van der Waals surface area (Å²) < 4.78 is 29.1. The Morgan fingerprint density at radius 1 is 1.41 bits per heavy atom. The zero-order valence-corrected chi connectivity index (χ0v) is 16.2. The van der Waals surface area contributed by atoms with Gasteiger partial charge in [0, 0.05) is 42.5 Å². The van der Waals surface area contributed by atoms with Crippen molar-refractivity contribution in [2.24, 2.45) is 13.0 Å². The van der Waals surface area contributed by atoms with Gasteiger partial charge in [0.05, 0.1) is 0 Å². The van der Waals surface area contributed by atoms with Crippen LogP contribution in [0.5, 0.6) is 0 Å². The van der Waals surface area contributed by atoms with Crippen molar-refractivity contribution in [1.29, 1.82) is 5.26 Å². The molecule has 1 fully saturated rings. The lowest BCUT2D eigenvalue weighted by Gasteiger charge is -2.05. The van der Waals surface area contributed by atoms with Gasteiger partial charge in [-0.2, -0.15) is 5.26 Å².